The van der Waals surface area contributed by atoms with Crippen molar-refractivity contribution in [2.75, 3.05) is 0 Å². The summed E-state index contributed by atoms with van der Waals surface area (Å²) in [4.78, 5) is 0. The molecule has 0 spiro atoms. The van der Waals surface area contributed by atoms with Gasteiger partial charge in [0.25, 0.3) is 5.17 Å². The number of thiocarbonyl (C=S) groups is 1. The van der Waals surface area contributed by atoms with E-state index in [1.54, 1.807) is 12.1 Å². The lowest BCUT2D eigenvalue weighted by Gasteiger charge is -2.15. The molecule has 2 aromatic rings. The van der Waals surface area contributed by atoms with E-state index >= 15 is 0 Å². The van der Waals surface area contributed by atoms with Gasteiger partial charge < -0.3 is 15.2 Å². The molecular weight excluding hydrogens is 380 g/mol. The number of nitrogens with one attached hydrogen (secondary N) is 2. The highest BCUT2D eigenvalue weighted by molar-refractivity contribution is 8.13. The van der Waals surface area contributed by atoms with Crippen molar-refractivity contribution in [3.63, 3.8) is 0 Å². The molecule has 0 saturated carbocycles. The molecule has 0 unspecified atom stereocenters. The number of benzene rings is 2. The largest absolute Gasteiger partial charge is 0.465 e. The van der Waals surface area contributed by atoms with Crippen molar-refractivity contribution in [2.45, 2.75) is 12.4 Å². The van der Waals surface area contributed by atoms with Crippen LogP contribution in [0, 0.1) is 5.41 Å². The Morgan fingerprint density at radius 2 is 1.96 bits per heavy atom. The standard InChI is InChI=1S/C16H17ClN4O2S2/c17-12-6-5-11(9-25-15(18)19)14(7-12)23-13-4-2-1-3-10(13)8-22-16(24)21-20/h1-7H,8-9,20H2,(H3,18,19)(H,21,24). The first-order valence-electron chi connectivity index (χ1n) is 7.14. The van der Waals surface area contributed by atoms with Crippen LogP contribution in [0.1, 0.15) is 11.1 Å². The minimum atomic E-state index is 0.0393. The number of rotatable bonds is 6. The Kier molecular flexibility index (Phi) is 7.32. The Labute approximate surface area is 160 Å². The Morgan fingerprint density at radius 3 is 2.68 bits per heavy atom. The van der Waals surface area contributed by atoms with Crippen molar-refractivity contribution in [2.24, 2.45) is 11.6 Å². The third-order valence-electron chi connectivity index (χ3n) is 3.08. The second-order valence-corrected chi connectivity index (χ2v) is 6.66. The van der Waals surface area contributed by atoms with Crippen LogP contribution in [0.15, 0.2) is 42.5 Å². The zero-order chi connectivity index (χ0) is 18.2. The Bertz CT molecular complexity index is 774. The second kappa shape index (κ2) is 9.47. The van der Waals surface area contributed by atoms with E-state index in [1.165, 1.54) is 11.8 Å². The normalized spacial score (nSPS) is 10.2. The third kappa shape index (κ3) is 6.09. The third-order valence-corrected chi connectivity index (χ3v) is 4.32. The number of ether oxygens (including phenoxy) is 2. The van der Waals surface area contributed by atoms with E-state index in [-0.39, 0.29) is 16.9 Å². The summed E-state index contributed by atoms with van der Waals surface area (Å²) in [7, 11) is 0. The molecule has 0 aliphatic carbocycles. The van der Waals surface area contributed by atoms with Crippen LogP contribution in [-0.4, -0.2) is 10.3 Å². The number of hydrazine groups is 1. The molecule has 6 nitrogen and oxygen atoms in total. The molecule has 132 valence electrons. The number of hydrogen-bond donors (Lipinski definition) is 4. The average molecular weight is 397 g/mol. The molecule has 9 heteroatoms. The van der Waals surface area contributed by atoms with Gasteiger partial charge >= 0.3 is 0 Å². The molecule has 0 aromatic heterocycles. The molecule has 0 bridgehead atoms. The molecule has 0 amide bonds. The van der Waals surface area contributed by atoms with Gasteiger partial charge in [-0.2, -0.15) is 0 Å². The van der Waals surface area contributed by atoms with Gasteiger partial charge in [-0.1, -0.05) is 47.6 Å². The van der Waals surface area contributed by atoms with Gasteiger partial charge in [0.15, 0.2) is 5.17 Å². The summed E-state index contributed by atoms with van der Waals surface area (Å²) in [6.07, 6.45) is 0. The van der Waals surface area contributed by atoms with Crippen molar-refractivity contribution < 1.29 is 9.47 Å². The second-order valence-electron chi connectivity index (χ2n) is 4.84. The summed E-state index contributed by atoms with van der Waals surface area (Å²) in [5.74, 6) is 6.90. The monoisotopic (exact) mass is 396 g/mol. The summed E-state index contributed by atoms with van der Waals surface area (Å²) in [6.45, 7) is 0.206. The molecule has 25 heavy (non-hydrogen) atoms. The first kappa shape index (κ1) is 19.3. The lowest BCUT2D eigenvalue weighted by atomic mass is 10.2. The number of amidine groups is 1. The van der Waals surface area contributed by atoms with Gasteiger partial charge in [-0.05, 0) is 30.4 Å². The zero-order valence-corrected chi connectivity index (χ0v) is 15.5. The van der Waals surface area contributed by atoms with Gasteiger partial charge in [0, 0.05) is 21.9 Å². The van der Waals surface area contributed by atoms with Crippen molar-refractivity contribution in [3.05, 3.63) is 58.6 Å². The van der Waals surface area contributed by atoms with Crippen LogP contribution in [-0.2, 0) is 17.1 Å². The SMILES string of the molecule is N=C(N)SCc1ccc(Cl)cc1Oc1ccccc1COC(=S)NN. The maximum absolute atomic E-state index is 7.35. The maximum atomic E-state index is 7.35. The van der Waals surface area contributed by atoms with E-state index in [9.17, 15) is 0 Å². The van der Waals surface area contributed by atoms with Crippen LogP contribution in [0.25, 0.3) is 0 Å². The summed E-state index contributed by atoms with van der Waals surface area (Å²) in [5.41, 5.74) is 9.35. The molecule has 0 heterocycles. The fourth-order valence-corrected chi connectivity index (χ4v) is 2.69. The number of nitrogens with two attached hydrogens (primary N) is 2. The summed E-state index contributed by atoms with van der Waals surface area (Å²) in [6, 6.07) is 12.7. The van der Waals surface area contributed by atoms with E-state index in [0.29, 0.717) is 22.3 Å². The highest BCUT2D eigenvalue weighted by atomic mass is 35.5. The lowest BCUT2D eigenvalue weighted by Crippen LogP contribution is -2.30. The number of thioether (sulfide) groups is 1. The van der Waals surface area contributed by atoms with E-state index in [4.69, 9.17) is 50.3 Å². The number of halogens is 1. The van der Waals surface area contributed by atoms with Crippen molar-refractivity contribution in [1.82, 2.24) is 5.43 Å². The zero-order valence-electron chi connectivity index (χ0n) is 13.1. The number of para-hydroxylation sites is 1. The summed E-state index contributed by atoms with van der Waals surface area (Å²) >= 11 is 12.2. The molecule has 0 atom stereocenters. The van der Waals surface area contributed by atoms with Crippen LogP contribution in [0.3, 0.4) is 0 Å². The predicted octanol–water partition coefficient (Wildman–Crippen LogP) is 3.52. The Morgan fingerprint density at radius 1 is 1.20 bits per heavy atom. The molecule has 0 radical (unpaired) electrons. The number of hydrogen-bond acceptors (Lipinski definition) is 6. The van der Waals surface area contributed by atoms with Crippen LogP contribution < -0.4 is 21.7 Å². The van der Waals surface area contributed by atoms with E-state index in [1.807, 2.05) is 30.3 Å². The van der Waals surface area contributed by atoms with E-state index < -0.39 is 0 Å². The van der Waals surface area contributed by atoms with Crippen LogP contribution in [0.4, 0.5) is 0 Å². The van der Waals surface area contributed by atoms with Crippen molar-refractivity contribution >= 4 is 45.9 Å². The smallest absolute Gasteiger partial charge is 0.271 e. The first-order valence-corrected chi connectivity index (χ1v) is 8.91. The van der Waals surface area contributed by atoms with E-state index in [0.717, 1.165) is 11.1 Å². The molecule has 2 rings (SSSR count). The molecule has 6 N–H and O–H groups in total. The summed E-state index contributed by atoms with van der Waals surface area (Å²) in [5, 5.41) is 8.04. The quantitative estimate of drug-likeness (QED) is 0.194. The van der Waals surface area contributed by atoms with Gasteiger partial charge in [-0.3, -0.25) is 10.8 Å². The van der Waals surface area contributed by atoms with Gasteiger partial charge in [0.05, 0.1) is 0 Å². The predicted molar refractivity (Wildman–Crippen MR) is 106 cm³/mol. The Hall–Kier alpha value is -2.00. The van der Waals surface area contributed by atoms with Crippen molar-refractivity contribution in [1.29, 1.82) is 5.41 Å². The molecule has 0 aliphatic rings. The first-order chi connectivity index (χ1) is 12.0. The Balaban J connectivity index is 2.22. The van der Waals surface area contributed by atoms with Gasteiger partial charge in [-0.15, -0.1) is 0 Å². The highest BCUT2D eigenvalue weighted by Gasteiger charge is 2.11. The van der Waals surface area contributed by atoms with Gasteiger partial charge in [-0.25, -0.2) is 5.84 Å². The van der Waals surface area contributed by atoms with Crippen LogP contribution in [0.5, 0.6) is 11.5 Å². The average Bonchev–Trinajstić information content (AvgIpc) is 2.59. The molecule has 0 saturated heterocycles. The lowest BCUT2D eigenvalue weighted by molar-refractivity contribution is 0.282. The molecular formula is C16H17ClN4O2S2. The highest BCUT2D eigenvalue weighted by Crippen LogP contribution is 2.32. The molecule has 0 aliphatic heterocycles. The molecule has 2 aromatic carbocycles. The fourth-order valence-electron chi connectivity index (χ4n) is 1.92. The van der Waals surface area contributed by atoms with Crippen LogP contribution in [0.2, 0.25) is 5.02 Å². The summed E-state index contributed by atoms with van der Waals surface area (Å²) < 4.78 is 11.4. The fraction of sp³-hybridized carbons (Fsp3) is 0.125. The van der Waals surface area contributed by atoms with E-state index in [2.05, 4.69) is 5.43 Å². The van der Waals surface area contributed by atoms with Crippen LogP contribution >= 0.6 is 35.6 Å². The minimum Gasteiger partial charge on any atom is -0.465 e. The van der Waals surface area contributed by atoms with Gasteiger partial charge in [0.1, 0.15) is 18.1 Å². The topological polar surface area (TPSA) is 106 Å². The maximum Gasteiger partial charge on any atom is 0.271 e. The van der Waals surface area contributed by atoms with Crippen molar-refractivity contribution in [3.8, 4) is 11.5 Å². The minimum absolute atomic E-state index is 0.0393. The molecule has 0 fully saturated rings. The van der Waals surface area contributed by atoms with Gasteiger partial charge in [0.2, 0.25) is 0 Å².